The first-order chi connectivity index (χ1) is 10.1. The Morgan fingerprint density at radius 2 is 2.14 bits per heavy atom. The van der Waals surface area contributed by atoms with E-state index in [0.717, 1.165) is 31.2 Å². The highest BCUT2D eigenvalue weighted by atomic mass is 35.5. The summed E-state index contributed by atoms with van der Waals surface area (Å²) in [4.78, 5) is 11.9. The van der Waals surface area contributed by atoms with Gasteiger partial charge < -0.3 is 10.1 Å². The number of hydrogen-bond donors (Lipinski definition) is 1. The third kappa shape index (κ3) is 5.00. The van der Waals surface area contributed by atoms with Gasteiger partial charge in [-0.3, -0.25) is 9.00 Å². The van der Waals surface area contributed by atoms with Crippen molar-refractivity contribution >= 4 is 28.3 Å². The Hall–Kier alpha value is -1.07. The summed E-state index contributed by atoms with van der Waals surface area (Å²) >= 11 is 5.94. The second-order valence-electron chi connectivity index (χ2n) is 5.23. The molecule has 1 aliphatic rings. The molecule has 0 aliphatic heterocycles. The minimum Gasteiger partial charge on any atom is -0.496 e. The fourth-order valence-corrected chi connectivity index (χ4v) is 3.82. The Bertz CT molecular complexity index is 530. The van der Waals surface area contributed by atoms with Crippen molar-refractivity contribution < 1.29 is 13.7 Å². The Kier molecular flexibility index (Phi) is 6.06. The quantitative estimate of drug-likeness (QED) is 0.873. The zero-order valence-electron chi connectivity index (χ0n) is 12.1. The molecule has 0 aromatic heterocycles. The zero-order chi connectivity index (χ0) is 15.2. The predicted octanol–water partition coefficient (Wildman–Crippen LogP) is 2.66. The van der Waals surface area contributed by atoms with E-state index in [1.807, 2.05) is 0 Å². The summed E-state index contributed by atoms with van der Waals surface area (Å²) in [6.45, 7) is 0. The topological polar surface area (TPSA) is 55.4 Å². The molecule has 0 saturated heterocycles. The van der Waals surface area contributed by atoms with Crippen LogP contribution < -0.4 is 10.1 Å². The molecule has 1 aromatic carbocycles. The average Bonchev–Trinajstić information content (AvgIpc) is 2.91. The van der Waals surface area contributed by atoms with Crippen molar-refractivity contribution in [3.8, 4) is 5.75 Å². The fourth-order valence-electron chi connectivity index (χ4n) is 2.57. The molecule has 1 aliphatic carbocycles. The molecule has 2 rings (SSSR count). The van der Waals surface area contributed by atoms with Crippen molar-refractivity contribution in [2.75, 3.05) is 12.9 Å². The summed E-state index contributed by atoms with van der Waals surface area (Å²) in [5.41, 5.74) is 0.761. The van der Waals surface area contributed by atoms with E-state index in [9.17, 15) is 9.00 Å². The second-order valence-corrected chi connectivity index (χ2v) is 7.13. The lowest BCUT2D eigenvalue weighted by molar-refractivity contribution is -0.119. The van der Waals surface area contributed by atoms with Crippen molar-refractivity contribution in [1.82, 2.24) is 5.32 Å². The maximum atomic E-state index is 12.1. The van der Waals surface area contributed by atoms with Crippen LogP contribution in [0.4, 0.5) is 0 Å². The van der Waals surface area contributed by atoms with Gasteiger partial charge in [-0.25, -0.2) is 0 Å². The summed E-state index contributed by atoms with van der Waals surface area (Å²) in [5, 5.41) is 3.51. The minimum atomic E-state index is -1.27. The SMILES string of the molecule is COc1ccc(Cl)cc1C[S@](=O)CC(=O)NC1CCCC1. The highest BCUT2D eigenvalue weighted by Crippen LogP contribution is 2.24. The lowest BCUT2D eigenvalue weighted by Gasteiger charge is -2.12. The number of amides is 1. The summed E-state index contributed by atoms with van der Waals surface area (Å²) in [6, 6.07) is 5.45. The first-order valence-corrected chi connectivity index (χ1v) is 8.92. The molecule has 1 fully saturated rings. The highest BCUT2D eigenvalue weighted by molar-refractivity contribution is 7.84. The molecule has 1 N–H and O–H groups in total. The molecule has 1 saturated carbocycles. The van der Waals surface area contributed by atoms with Crippen LogP contribution in [-0.2, 0) is 21.3 Å². The van der Waals surface area contributed by atoms with Crippen molar-refractivity contribution in [1.29, 1.82) is 0 Å². The van der Waals surface area contributed by atoms with Crippen molar-refractivity contribution in [3.05, 3.63) is 28.8 Å². The van der Waals surface area contributed by atoms with Gasteiger partial charge in [0.1, 0.15) is 11.5 Å². The van der Waals surface area contributed by atoms with Crippen LogP contribution in [0, 0.1) is 0 Å². The molecule has 21 heavy (non-hydrogen) atoms. The smallest absolute Gasteiger partial charge is 0.232 e. The van der Waals surface area contributed by atoms with E-state index in [0.29, 0.717) is 10.8 Å². The Balaban J connectivity index is 1.89. The number of carbonyl (C=O) groups excluding carboxylic acids is 1. The van der Waals surface area contributed by atoms with Gasteiger partial charge in [0.2, 0.25) is 5.91 Å². The molecule has 0 radical (unpaired) electrons. The molecule has 0 spiro atoms. The van der Waals surface area contributed by atoms with E-state index in [2.05, 4.69) is 5.32 Å². The number of carbonyl (C=O) groups is 1. The van der Waals surface area contributed by atoms with Crippen LogP contribution in [0.15, 0.2) is 18.2 Å². The number of halogens is 1. The fraction of sp³-hybridized carbons (Fsp3) is 0.533. The Morgan fingerprint density at radius 1 is 1.43 bits per heavy atom. The van der Waals surface area contributed by atoms with E-state index in [-0.39, 0.29) is 23.5 Å². The number of nitrogens with one attached hydrogen (secondary N) is 1. The first kappa shape index (κ1) is 16.3. The standard InChI is InChI=1S/C15H20ClNO3S/c1-20-14-7-6-12(16)8-11(14)9-21(19)10-15(18)17-13-4-2-3-5-13/h6-8,13H,2-5,9-10H2,1H3,(H,17,18)/t21-/m0/s1. The summed E-state index contributed by atoms with van der Waals surface area (Å²) < 4.78 is 17.3. The van der Waals surface area contributed by atoms with Crippen molar-refractivity contribution in [2.45, 2.75) is 37.5 Å². The van der Waals surface area contributed by atoms with Crippen LogP contribution in [-0.4, -0.2) is 29.0 Å². The van der Waals surface area contributed by atoms with Crippen LogP contribution in [0.5, 0.6) is 5.75 Å². The molecule has 1 atom stereocenters. The largest absolute Gasteiger partial charge is 0.496 e. The van der Waals surface area contributed by atoms with Gasteiger partial charge in [0.15, 0.2) is 0 Å². The van der Waals surface area contributed by atoms with Gasteiger partial charge in [-0.2, -0.15) is 0 Å². The number of methoxy groups -OCH3 is 1. The van der Waals surface area contributed by atoms with Gasteiger partial charge >= 0.3 is 0 Å². The molecule has 0 bridgehead atoms. The van der Waals surface area contributed by atoms with Gasteiger partial charge in [0.05, 0.1) is 12.9 Å². The minimum absolute atomic E-state index is 0.0200. The highest BCUT2D eigenvalue weighted by Gasteiger charge is 2.18. The predicted molar refractivity (Wildman–Crippen MR) is 85.1 cm³/mol. The van der Waals surface area contributed by atoms with E-state index in [4.69, 9.17) is 16.3 Å². The first-order valence-electron chi connectivity index (χ1n) is 7.05. The monoisotopic (exact) mass is 329 g/mol. The second kappa shape index (κ2) is 7.80. The maximum Gasteiger partial charge on any atom is 0.232 e. The molecule has 0 heterocycles. The van der Waals surface area contributed by atoms with Gasteiger partial charge in [-0.05, 0) is 31.0 Å². The van der Waals surface area contributed by atoms with Gasteiger partial charge in [0.25, 0.3) is 0 Å². The Morgan fingerprint density at radius 3 is 2.81 bits per heavy atom. The van der Waals surface area contributed by atoms with Crippen LogP contribution in [0.2, 0.25) is 5.02 Å². The van der Waals surface area contributed by atoms with Gasteiger partial charge in [-0.1, -0.05) is 24.4 Å². The normalized spacial score (nSPS) is 16.7. The van der Waals surface area contributed by atoms with Crippen molar-refractivity contribution in [3.63, 3.8) is 0 Å². The summed E-state index contributed by atoms with van der Waals surface area (Å²) in [5.74, 6) is 0.790. The Labute approximate surface area is 132 Å². The molecular formula is C15H20ClNO3S. The van der Waals surface area contributed by atoms with Crippen molar-refractivity contribution in [2.24, 2.45) is 0 Å². The summed E-state index contributed by atoms with van der Waals surface area (Å²) in [7, 11) is 0.286. The zero-order valence-corrected chi connectivity index (χ0v) is 13.6. The van der Waals surface area contributed by atoms with Crippen LogP contribution in [0.1, 0.15) is 31.2 Å². The number of ether oxygens (including phenoxy) is 1. The summed E-state index contributed by atoms with van der Waals surface area (Å²) in [6.07, 6.45) is 4.38. The maximum absolute atomic E-state index is 12.1. The third-order valence-electron chi connectivity index (χ3n) is 3.57. The number of hydrogen-bond acceptors (Lipinski definition) is 3. The van der Waals surface area contributed by atoms with E-state index in [1.54, 1.807) is 25.3 Å². The molecule has 4 nitrogen and oxygen atoms in total. The number of benzene rings is 1. The van der Waals surface area contributed by atoms with Crippen LogP contribution in [0.3, 0.4) is 0 Å². The van der Waals surface area contributed by atoms with Gasteiger partial charge in [-0.15, -0.1) is 0 Å². The molecule has 6 heteroatoms. The molecule has 1 aromatic rings. The lowest BCUT2D eigenvalue weighted by Crippen LogP contribution is -2.35. The molecular weight excluding hydrogens is 310 g/mol. The van der Waals surface area contributed by atoms with E-state index >= 15 is 0 Å². The number of rotatable bonds is 6. The lowest BCUT2D eigenvalue weighted by atomic mass is 10.2. The van der Waals surface area contributed by atoms with Crippen LogP contribution >= 0.6 is 11.6 Å². The van der Waals surface area contributed by atoms with E-state index in [1.165, 1.54) is 0 Å². The molecule has 116 valence electrons. The molecule has 1 amide bonds. The average molecular weight is 330 g/mol. The van der Waals surface area contributed by atoms with Gasteiger partial charge in [0, 0.05) is 27.4 Å². The van der Waals surface area contributed by atoms with E-state index < -0.39 is 10.8 Å². The third-order valence-corrected chi connectivity index (χ3v) is 5.02. The van der Waals surface area contributed by atoms with Crippen LogP contribution in [0.25, 0.3) is 0 Å². The molecule has 0 unspecified atom stereocenters.